The Bertz CT molecular complexity index is 317. The second kappa shape index (κ2) is 6.23. The van der Waals surface area contributed by atoms with E-state index >= 15 is 0 Å². The maximum absolute atomic E-state index is 11.6. The number of hydrogen-bond acceptors (Lipinski definition) is 3. The fourth-order valence-corrected chi connectivity index (χ4v) is 2.47. The van der Waals surface area contributed by atoms with Crippen molar-refractivity contribution >= 4 is 29.3 Å². The van der Waals surface area contributed by atoms with Crippen LogP contribution < -0.4 is 0 Å². The van der Waals surface area contributed by atoms with E-state index in [2.05, 4.69) is 13.8 Å². The Kier molecular flexibility index (Phi) is 5.26. The van der Waals surface area contributed by atoms with Crippen molar-refractivity contribution in [1.29, 1.82) is 0 Å². The quantitative estimate of drug-likeness (QED) is 0.576. The van der Waals surface area contributed by atoms with E-state index in [1.807, 2.05) is 42.3 Å². The summed E-state index contributed by atoms with van der Waals surface area (Å²) in [5, 5.41) is 0.581. The first-order valence-electron chi connectivity index (χ1n) is 4.92. The fraction of sp³-hybridized carbons (Fsp3) is 0.417. The normalized spacial score (nSPS) is 10.7. The molecule has 0 saturated carbocycles. The Balaban J connectivity index is 2.67. The largest absolute Gasteiger partial charge is 0.293 e. The van der Waals surface area contributed by atoms with Gasteiger partial charge in [-0.3, -0.25) is 4.79 Å². The number of carbonyl (C=O) groups is 1. The van der Waals surface area contributed by atoms with Gasteiger partial charge in [0.2, 0.25) is 0 Å². The van der Waals surface area contributed by atoms with Gasteiger partial charge in [0.1, 0.15) is 0 Å². The molecule has 15 heavy (non-hydrogen) atoms. The molecule has 0 aliphatic rings. The number of thioether (sulfide) groups is 2. The number of hydrogen-bond donors (Lipinski definition) is 0. The first-order chi connectivity index (χ1) is 7.13. The Labute approximate surface area is 100 Å². The fourth-order valence-electron chi connectivity index (χ4n) is 1.21. The summed E-state index contributed by atoms with van der Waals surface area (Å²) in [5.41, 5.74) is 0.817. The minimum Gasteiger partial charge on any atom is -0.293 e. The van der Waals surface area contributed by atoms with Crippen LogP contribution in [0.25, 0.3) is 0 Å². The van der Waals surface area contributed by atoms with Gasteiger partial charge >= 0.3 is 0 Å². The van der Waals surface area contributed by atoms with Crippen LogP contribution in [-0.2, 0) is 0 Å². The standard InChI is InChI=1S/C12H16OS2/c1-9(2)15-11-6-4-10(5-7-11)12(13)8-14-3/h4-7,9H,8H2,1-3H3. The average Bonchev–Trinajstić information content (AvgIpc) is 2.18. The van der Waals surface area contributed by atoms with Crippen LogP contribution in [-0.4, -0.2) is 23.0 Å². The topological polar surface area (TPSA) is 17.1 Å². The lowest BCUT2D eigenvalue weighted by atomic mass is 10.1. The van der Waals surface area contributed by atoms with E-state index in [0.717, 1.165) is 5.56 Å². The van der Waals surface area contributed by atoms with Crippen molar-refractivity contribution < 1.29 is 4.79 Å². The summed E-state index contributed by atoms with van der Waals surface area (Å²) in [6.45, 7) is 4.33. The number of rotatable bonds is 5. The molecule has 0 saturated heterocycles. The van der Waals surface area contributed by atoms with Gasteiger partial charge < -0.3 is 0 Å². The second-order valence-corrected chi connectivity index (χ2v) is 6.06. The van der Waals surface area contributed by atoms with Gasteiger partial charge in [0.05, 0.1) is 5.75 Å². The number of carbonyl (C=O) groups excluding carboxylic acids is 1. The first kappa shape index (κ1) is 12.7. The molecule has 0 spiro atoms. The Morgan fingerprint density at radius 2 is 1.87 bits per heavy atom. The predicted octanol–water partition coefficient (Wildman–Crippen LogP) is 3.73. The molecule has 0 radical (unpaired) electrons. The lowest BCUT2D eigenvalue weighted by Crippen LogP contribution is -2.01. The number of benzene rings is 1. The van der Waals surface area contributed by atoms with Crippen molar-refractivity contribution in [3.8, 4) is 0 Å². The van der Waals surface area contributed by atoms with E-state index in [-0.39, 0.29) is 5.78 Å². The summed E-state index contributed by atoms with van der Waals surface area (Å²) in [4.78, 5) is 12.8. The molecule has 0 atom stereocenters. The second-order valence-electron chi connectivity index (χ2n) is 3.55. The molecule has 82 valence electrons. The smallest absolute Gasteiger partial charge is 0.172 e. The predicted molar refractivity (Wildman–Crippen MR) is 70.1 cm³/mol. The minimum atomic E-state index is 0.212. The zero-order valence-electron chi connectivity index (χ0n) is 9.32. The molecule has 0 heterocycles. The van der Waals surface area contributed by atoms with E-state index in [1.165, 1.54) is 4.90 Å². The monoisotopic (exact) mass is 240 g/mol. The summed E-state index contributed by atoms with van der Waals surface area (Å²) in [6.07, 6.45) is 1.95. The van der Waals surface area contributed by atoms with E-state index in [4.69, 9.17) is 0 Å². The number of ketones is 1. The molecule has 1 aromatic carbocycles. The molecule has 0 amide bonds. The van der Waals surface area contributed by atoms with Crippen LogP contribution in [0.1, 0.15) is 24.2 Å². The number of Topliss-reactive ketones (excluding diaryl/α,β-unsaturated/α-hetero) is 1. The molecule has 0 N–H and O–H groups in total. The summed E-state index contributed by atoms with van der Waals surface area (Å²) in [7, 11) is 0. The van der Waals surface area contributed by atoms with E-state index in [0.29, 0.717) is 11.0 Å². The van der Waals surface area contributed by atoms with Gasteiger partial charge in [0.25, 0.3) is 0 Å². The minimum absolute atomic E-state index is 0.212. The van der Waals surface area contributed by atoms with Crippen LogP contribution in [0, 0.1) is 0 Å². The molecule has 0 bridgehead atoms. The van der Waals surface area contributed by atoms with Gasteiger partial charge in [0.15, 0.2) is 5.78 Å². The highest BCUT2D eigenvalue weighted by Crippen LogP contribution is 2.23. The maximum Gasteiger partial charge on any atom is 0.172 e. The summed E-state index contributed by atoms with van der Waals surface area (Å²) >= 11 is 3.38. The molecule has 0 aromatic heterocycles. The maximum atomic E-state index is 11.6. The Morgan fingerprint density at radius 3 is 2.33 bits per heavy atom. The van der Waals surface area contributed by atoms with Crippen LogP contribution in [0.3, 0.4) is 0 Å². The van der Waals surface area contributed by atoms with E-state index < -0.39 is 0 Å². The Hall–Kier alpha value is -0.410. The zero-order valence-corrected chi connectivity index (χ0v) is 11.0. The third-order valence-corrected chi connectivity index (χ3v) is 3.39. The zero-order chi connectivity index (χ0) is 11.3. The van der Waals surface area contributed by atoms with Crippen molar-refractivity contribution in [3.63, 3.8) is 0 Å². The van der Waals surface area contributed by atoms with Gasteiger partial charge in [-0.1, -0.05) is 26.0 Å². The van der Waals surface area contributed by atoms with Crippen LogP contribution in [0.4, 0.5) is 0 Å². The average molecular weight is 240 g/mol. The van der Waals surface area contributed by atoms with Crippen molar-refractivity contribution in [1.82, 2.24) is 0 Å². The lowest BCUT2D eigenvalue weighted by Gasteiger charge is -2.05. The van der Waals surface area contributed by atoms with Gasteiger partial charge in [-0.05, 0) is 18.4 Å². The molecule has 0 fully saturated rings. The highest BCUT2D eigenvalue weighted by molar-refractivity contribution is 8.00. The van der Waals surface area contributed by atoms with Crippen molar-refractivity contribution in [2.24, 2.45) is 0 Å². The molecule has 1 rings (SSSR count). The SMILES string of the molecule is CSCC(=O)c1ccc(SC(C)C)cc1. The van der Waals surface area contributed by atoms with Crippen molar-refractivity contribution in [2.45, 2.75) is 24.0 Å². The molecule has 0 aliphatic heterocycles. The van der Waals surface area contributed by atoms with Gasteiger partial charge in [0, 0.05) is 15.7 Å². The summed E-state index contributed by atoms with van der Waals surface area (Å²) < 4.78 is 0. The molecular weight excluding hydrogens is 224 g/mol. The third kappa shape index (κ3) is 4.31. The first-order valence-corrected chi connectivity index (χ1v) is 7.19. The molecule has 1 aromatic rings. The van der Waals surface area contributed by atoms with Gasteiger partial charge in [-0.2, -0.15) is 11.8 Å². The summed E-state index contributed by atoms with van der Waals surface area (Å²) in [6, 6.07) is 7.89. The molecule has 3 heteroatoms. The van der Waals surface area contributed by atoms with Crippen molar-refractivity contribution in [2.75, 3.05) is 12.0 Å². The highest BCUT2D eigenvalue weighted by atomic mass is 32.2. The Morgan fingerprint density at radius 1 is 1.27 bits per heavy atom. The summed E-state index contributed by atoms with van der Waals surface area (Å²) in [5.74, 6) is 0.778. The van der Waals surface area contributed by atoms with Crippen LogP contribution in [0.2, 0.25) is 0 Å². The van der Waals surface area contributed by atoms with Crippen LogP contribution in [0.15, 0.2) is 29.2 Å². The van der Waals surface area contributed by atoms with Gasteiger partial charge in [-0.15, -0.1) is 11.8 Å². The van der Waals surface area contributed by atoms with Gasteiger partial charge in [-0.25, -0.2) is 0 Å². The molecule has 0 aliphatic carbocycles. The van der Waals surface area contributed by atoms with Crippen LogP contribution in [0.5, 0.6) is 0 Å². The molecule has 0 unspecified atom stereocenters. The highest BCUT2D eigenvalue weighted by Gasteiger charge is 2.05. The van der Waals surface area contributed by atoms with Crippen molar-refractivity contribution in [3.05, 3.63) is 29.8 Å². The molecular formula is C12H16OS2. The van der Waals surface area contributed by atoms with E-state index in [1.54, 1.807) is 11.8 Å². The van der Waals surface area contributed by atoms with E-state index in [9.17, 15) is 4.79 Å². The molecule has 1 nitrogen and oxygen atoms in total. The third-order valence-electron chi connectivity index (χ3n) is 1.82. The van der Waals surface area contributed by atoms with Crippen LogP contribution >= 0.6 is 23.5 Å². The lowest BCUT2D eigenvalue weighted by molar-refractivity contribution is 0.102.